The number of unbranched alkanes of at least 4 members (excludes halogenated alkanes) is 2. The van der Waals surface area contributed by atoms with Crippen molar-refractivity contribution in [3.05, 3.63) is 41.4 Å². The van der Waals surface area contributed by atoms with Crippen LogP contribution in [0.2, 0.25) is 5.02 Å². The molecule has 0 spiro atoms. The number of hydrogen-bond donors (Lipinski definition) is 1. The van der Waals surface area contributed by atoms with E-state index in [4.69, 9.17) is 16.3 Å². The standard InChI is InChI=1S/C20H24ClN5O2/c1-2-16-19(27)24-20-23-15-6-7-17(18(21)14(15)12-26(16)20)28-11-5-3-4-9-25-10-8-22-13-25/h6-8,10,13,16H,2-5,9,11-12H2,1H3,(H,23,24,27). The van der Waals surface area contributed by atoms with Gasteiger partial charge in [-0.1, -0.05) is 18.5 Å². The molecule has 1 N–H and O–H groups in total. The number of nitrogens with zero attached hydrogens (tertiary/aromatic N) is 4. The minimum atomic E-state index is -0.192. The number of aryl methyl sites for hydroxylation is 1. The number of aromatic nitrogens is 2. The van der Waals surface area contributed by atoms with Crippen molar-refractivity contribution < 1.29 is 9.53 Å². The van der Waals surface area contributed by atoms with E-state index < -0.39 is 0 Å². The third kappa shape index (κ3) is 3.71. The van der Waals surface area contributed by atoms with Gasteiger partial charge in [-0.25, -0.2) is 9.98 Å². The second-order valence-corrected chi connectivity index (χ2v) is 7.44. The Kier molecular flexibility index (Phi) is 5.52. The van der Waals surface area contributed by atoms with E-state index in [0.717, 1.165) is 43.5 Å². The van der Waals surface area contributed by atoms with Crippen LogP contribution in [0.5, 0.6) is 5.75 Å². The maximum absolute atomic E-state index is 12.1. The van der Waals surface area contributed by atoms with Crippen LogP contribution >= 0.6 is 11.6 Å². The van der Waals surface area contributed by atoms with Crippen LogP contribution in [0.25, 0.3) is 0 Å². The summed E-state index contributed by atoms with van der Waals surface area (Å²) in [5, 5.41) is 3.44. The van der Waals surface area contributed by atoms with Crippen LogP contribution in [-0.2, 0) is 17.9 Å². The molecule has 2 aliphatic heterocycles. The lowest BCUT2D eigenvalue weighted by Crippen LogP contribution is -2.36. The number of aliphatic imine (C=N–C) groups is 1. The summed E-state index contributed by atoms with van der Waals surface area (Å²) in [7, 11) is 0. The van der Waals surface area contributed by atoms with Gasteiger partial charge in [0, 0.05) is 24.5 Å². The molecule has 7 nitrogen and oxygen atoms in total. The van der Waals surface area contributed by atoms with Crippen molar-refractivity contribution >= 4 is 29.2 Å². The molecule has 1 saturated heterocycles. The van der Waals surface area contributed by atoms with Crippen molar-refractivity contribution in [3.8, 4) is 5.75 Å². The molecule has 1 aromatic carbocycles. The highest BCUT2D eigenvalue weighted by molar-refractivity contribution is 6.33. The smallest absolute Gasteiger partial charge is 0.249 e. The highest BCUT2D eigenvalue weighted by Gasteiger charge is 2.38. The van der Waals surface area contributed by atoms with Crippen molar-refractivity contribution in [2.75, 3.05) is 6.61 Å². The van der Waals surface area contributed by atoms with Gasteiger partial charge in [0.05, 0.1) is 30.2 Å². The van der Waals surface area contributed by atoms with Crippen LogP contribution < -0.4 is 10.1 Å². The predicted molar refractivity (Wildman–Crippen MR) is 108 cm³/mol. The predicted octanol–water partition coefficient (Wildman–Crippen LogP) is 3.50. The molecule has 0 aliphatic carbocycles. The molecule has 8 heteroatoms. The Morgan fingerprint density at radius 3 is 3.00 bits per heavy atom. The number of halogens is 1. The molecule has 148 valence electrons. The summed E-state index contributed by atoms with van der Waals surface area (Å²) in [6.45, 7) is 4.16. The van der Waals surface area contributed by atoms with Crippen molar-refractivity contribution in [2.24, 2.45) is 4.99 Å². The van der Waals surface area contributed by atoms with Gasteiger partial charge in [0.15, 0.2) is 0 Å². The largest absolute Gasteiger partial charge is 0.492 e. The number of nitrogens with one attached hydrogen (secondary N) is 1. The average Bonchev–Trinajstić information content (AvgIpc) is 3.31. The lowest BCUT2D eigenvalue weighted by atomic mass is 10.1. The summed E-state index contributed by atoms with van der Waals surface area (Å²) < 4.78 is 8.01. The minimum absolute atomic E-state index is 0.00246. The van der Waals surface area contributed by atoms with Crippen molar-refractivity contribution in [1.82, 2.24) is 19.8 Å². The van der Waals surface area contributed by atoms with Crippen molar-refractivity contribution in [1.29, 1.82) is 0 Å². The summed E-state index contributed by atoms with van der Waals surface area (Å²) in [5.41, 5.74) is 1.71. The highest BCUT2D eigenvalue weighted by Crippen LogP contribution is 2.39. The lowest BCUT2D eigenvalue weighted by molar-refractivity contribution is -0.121. The van der Waals surface area contributed by atoms with Gasteiger partial charge in [0.25, 0.3) is 0 Å². The van der Waals surface area contributed by atoms with E-state index in [1.54, 1.807) is 6.20 Å². The molecular weight excluding hydrogens is 378 g/mol. The Morgan fingerprint density at radius 2 is 2.21 bits per heavy atom. The van der Waals surface area contributed by atoms with Crippen LogP contribution in [0.3, 0.4) is 0 Å². The number of guanidine groups is 1. The Labute approximate surface area is 169 Å². The number of imidazole rings is 1. The molecule has 1 atom stereocenters. The molecule has 2 aromatic rings. The number of ether oxygens (including phenoxy) is 1. The average molecular weight is 402 g/mol. The second-order valence-electron chi connectivity index (χ2n) is 7.06. The van der Waals surface area contributed by atoms with Crippen LogP contribution in [0.15, 0.2) is 35.8 Å². The zero-order valence-electron chi connectivity index (χ0n) is 15.9. The first kappa shape index (κ1) is 18.8. The van der Waals surface area contributed by atoms with Gasteiger partial charge in [-0.15, -0.1) is 0 Å². The maximum Gasteiger partial charge on any atom is 0.249 e. The first-order chi connectivity index (χ1) is 13.7. The third-order valence-corrected chi connectivity index (χ3v) is 5.60. The van der Waals surface area contributed by atoms with E-state index in [1.165, 1.54) is 0 Å². The molecule has 28 heavy (non-hydrogen) atoms. The Hall–Kier alpha value is -2.54. The zero-order valence-corrected chi connectivity index (χ0v) is 16.7. The molecule has 2 aliphatic rings. The van der Waals surface area contributed by atoms with E-state index in [1.807, 2.05) is 36.5 Å². The molecular formula is C20H24ClN5O2. The molecule has 1 fully saturated rings. The Morgan fingerprint density at radius 1 is 1.32 bits per heavy atom. The summed E-state index contributed by atoms with van der Waals surface area (Å²) in [5.74, 6) is 1.30. The van der Waals surface area contributed by atoms with Crippen molar-refractivity contribution in [3.63, 3.8) is 0 Å². The molecule has 0 bridgehead atoms. The number of amides is 1. The van der Waals surface area contributed by atoms with Crippen LogP contribution in [-0.4, -0.2) is 39.0 Å². The SMILES string of the molecule is CCC1C(=O)NC2=Nc3ccc(OCCCCCn4ccnc4)c(Cl)c3CN21. The Bertz CT molecular complexity index is 881. The first-order valence-electron chi connectivity index (χ1n) is 9.73. The number of benzene rings is 1. The van der Waals surface area contributed by atoms with E-state index >= 15 is 0 Å². The molecule has 1 unspecified atom stereocenters. The topological polar surface area (TPSA) is 71.7 Å². The van der Waals surface area contributed by atoms with E-state index in [9.17, 15) is 4.79 Å². The van der Waals surface area contributed by atoms with Gasteiger partial charge >= 0.3 is 0 Å². The first-order valence-corrected chi connectivity index (χ1v) is 10.1. The molecule has 1 aromatic heterocycles. The van der Waals surface area contributed by atoms with E-state index in [0.29, 0.717) is 29.9 Å². The van der Waals surface area contributed by atoms with Crippen LogP contribution in [0.4, 0.5) is 5.69 Å². The number of hydrogen-bond acceptors (Lipinski definition) is 5. The highest BCUT2D eigenvalue weighted by atomic mass is 35.5. The van der Waals surface area contributed by atoms with Gasteiger partial charge in [0.2, 0.25) is 11.9 Å². The normalized spacial score (nSPS) is 17.8. The third-order valence-electron chi connectivity index (χ3n) is 5.19. The van der Waals surface area contributed by atoms with E-state index in [2.05, 4.69) is 19.9 Å². The molecule has 0 radical (unpaired) electrons. The van der Waals surface area contributed by atoms with Gasteiger partial charge in [-0.3, -0.25) is 10.1 Å². The fourth-order valence-corrected chi connectivity index (χ4v) is 3.93. The van der Waals surface area contributed by atoms with Gasteiger partial charge < -0.3 is 14.2 Å². The second kappa shape index (κ2) is 8.22. The maximum atomic E-state index is 12.1. The lowest BCUT2D eigenvalue weighted by Gasteiger charge is -2.28. The molecule has 4 rings (SSSR count). The summed E-state index contributed by atoms with van der Waals surface area (Å²) in [6.07, 6.45) is 9.47. The molecule has 0 saturated carbocycles. The number of fused-ring (bicyclic) bond motifs is 2. The number of carbonyl (C=O) groups excluding carboxylic acids is 1. The fourth-order valence-electron chi connectivity index (χ4n) is 3.65. The summed E-state index contributed by atoms with van der Waals surface area (Å²) in [6, 6.07) is 3.58. The monoisotopic (exact) mass is 401 g/mol. The zero-order chi connectivity index (χ0) is 19.5. The fraction of sp³-hybridized carbons (Fsp3) is 0.450. The molecule has 1 amide bonds. The minimum Gasteiger partial charge on any atom is -0.492 e. The van der Waals surface area contributed by atoms with Crippen LogP contribution in [0, 0.1) is 0 Å². The Balaban J connectivity index is 1.34. The number of carbonyl (C=O) groups is 1. The van der Waals surface area contributed by atoms with Gasteiger partial charge in [0.1, 0.15) is 11.8 Å². The van der Waals surface area contributed by atoms with Gasteiger partial charge in [-0.05, 0) is 37.8 Å². The van der Waals surface area contributed by atoms with Crippen molar-refractivity contribution in [2.45, 2.75) is 51.7 Å². The van der Waals surface area contributed by atoms with Gasteiger partial charge in [-0.2, -0.15) is 0 Å². The number of rotatable bonds is 8. The van der Waals surface area contributed by atoms with E-state index in [-0.39, 0.29) is 11.9 Å². The molecule has 3 heterocycles. The quantitative estimate of drug-likeness (QED) is 0.687. The summed E-state index contributed by atoms with van der Waals surface area (Å²) >= 11 is 6.62. The van der Waals surface area contributed by atoms with Crippen LogP contribution in [0.1, 0.15) is 38.2 Å². The summed E-state index contributed by atoms with van der Waals surface area (Å²) in [4.78, 5) is 22.7.